The van der Waals surface area contributed by atoms with Crippen molar-refractivity contribution >= 4 is 11.6 Å². The van der Waals surface area contributed by atoms with E-state index < -0.39 is 0 Å². The Morgan fingerprint density at radius 2 is 1.52 bits per heavy atom. The molecule has 0 fully saturated rings. The Morgan fingerprint density at radius 1 is 0.828 bits per heavy atom. The van der Waals surface area contributed by atoms with Crippen molar-refractivity contribution in [1.82, 2.24) is 0 Å². The lowest BCUT2D eigenvalue weighted by Crippen LogP contribution is -2.13. The van der Waals surface area contributed by atoms with E-state index in [4.69, 9.17) is 9.47 Å². The number of carbonyl (C=O) groups excluding carboxylic acids is 1. The number of anilines is 1. The Labute approximate surface area is 172 Å². The van der Waals surface area contributed by atoms with Gasteiger partial charge in [-0.1, -0.05) is 23.8 Å². The molecule has 0 bridgehead atoms. The van der Waals surface area contributed by atoms with Crippen LogP contribution in [0.5, 0.6) is 11.5 Å². The van der Waals surface area contributed by atoms with E-state index in [1.54, 1.807) is 6.07 Å². The summed E-state index contributed by atoms with van der Waals surface area (Å²) in [6.45, 7) is 8.91. The highest BCUT2D eigenvalue weighted by atomic mass is 16.5. The summed E-state index contributed by atoms with van der Waals surface area (Å²) >= 11 is 0. The fourth-order valence-corrected chi connectivity index (χ4v) is 3.15. The lowest BCUT2D eigenvalue weighted by atomic mass is 10.1. The molecule has 0 aliphatic rings. The fraction of sp³-hybridized carbons (Fsp3) is 0.240. The van der Waals surface area contributed by atoms with E-state index in [9.17, 15) is 4.79 Å². The molecule has 3 aromatic carbocycles. The average molecular weight is 389 g/mol. The van der Waals surface area contributed by atoms with Gasteiger partial charge in [-0.3, -0.25) is 4.79 Å². The molecule has 0 heterocycles. The standard InChI is InChI=1S/C25H27NO3/c1-5-28-24-11-8-20(25(27)26-22-9-6-17(2)7-10-22)15-21(24)16-29-23-13-18(3)12-19(4)14-23/h6-15H,5,16H2,1-4H3,(H,26,27). The predicted molar refractivity (Wildman–Crippen MR) is 117 cm³/mol. The number of hydrogen-bond donors (Lipinski definition) is 1. The largest absolute Gasteiger partial charge is 0.493 e. The van der Waals surface area contributed by atoms with Crippen LogP contribution in [0.1, 0.15) is 39.5 Å². The van der Waals surface area contributed by atoms with Gasteiger partial charge in [0, 0.05) is 16.8 Å². The number of hydrogen-bond acceptors (Lipinski definition) is 3. The summed E-state index contributed by atoms with van der Waals surface area (Å²) in [5.74, 6) is 1.37. The van der Waals surface area contributed by atoms with Crippen LogP contribution in [0.3, 0.4) is 0 Å². The van der Waals surface area contributed by atoms with Crippen molar-refractivity contribution in [1.29, 1.82) is 0 Å². The van der Waals surface area contributed by atoms with Crippen molar-refractivity contribution in [3.8, 4) is 11.5 Å². The number of aryl methyl sites for hydroxylation is 3. The smallest absolute Gasteiger partial charge is 0.255 e. The van der Waals surface area contributed by atoms with Crippen molar-refractivity contribution in [3.05, 3.63) is 88.5 Å². The molecule has 4 heteroatoms. The first-order valence-electron chi connectivity index (χ1n) is 9.79. The van der Waals surface area contributed by atoms with Crippen LogP contribution in [0.4, 0.5) is 5.69 Å². The van der Waals surface area contributed by atoms with Gasteiger partial charge in [-0.2, -0.15) is 0 Å². The Hall–Kier alpha value is -3.27. The Bertz CT molecular complexity index is 973. The number of nitrogens with one attached hydrogen (secondary N) is 1. The number of benzene rings is 3. The predicted octanol–water partition coefficient (Wildman–Crippen LogP) is 5.84. The van der Waals surface area contributed by atoms with Gasteiger partial charge in [-0.15, -0.1) is 0 Å². The first-order valence-corrected chi connectivity index (χ1v) is 9.79. The number of ether oxygens (including phenoxy) is 2. The molecule has 3 aromatic rings. The number of amides is 1. The second kappa shape index (κ2) is 9.28. The quantitative estimate of drug-likeness (QED) is 0.552. The zero-order valence-corrected chi connectivity index (χ0v) is 17.4. The van der Waals surface area contributed by atoms with Crippen molar-refractivity contribution in [2.24, 2.45) is 0 Å². The van der Waals surface area contributed by atoms with E-state index in [1.807, 2.05) is 76.2 Å². The zero-order chi connectivity index (χ0) is 20.8. The molecule has 0 aliphatic heterocycles. The minimum absolute atomic E-state index is 0.162. The summed E-state index contributed by atoms with van der Waals surface area (Å²) in [7, 11) is 0. The Kier molecular flexibility index (Phi) is 6.55. The monoisotopic (exact) mass is 389 g/mol. The van der Waals surface area contributed by atoms with Crippen LogP contribution in [0.25, 0.3) is 0 Å². The molecule has 3 rings (SSSR count). The molecule has 0 saturated heterocycles. The van der Waals surface area contributed by atoms with Gasteiger partial charge in [0.2, 0.25) is 0 Å². The average Bonchev–Trinajstić information content (AvgIpc) is 2.68. The third kappa shape index (κ3) is 5.61. The molecule has 0 unspecified atom stereocenters. The van der Waals surface area contributed by atoms with Crippen LogP contribution in [-0.4, -0.2) is 12.5 Å². The lowest BCUT2D eigenvalue weighted by molar-refractivity contribution is 0.102. The fourth-order valence-electron chi connectivity index (χ4n) is 3.15. The van der Waals surface area contributed by atoms with Crippen molar-refractivity contribution in [2.75, 3.05) is 11.9 Å². The molecule has 0 atom stereocenters. The lowest BCUT2D eigenvalue weighted by Gasteiger charge is -2.14. The zero-order valence-electron chi connectivity index (χ0n) is 17.4. The van der Waals surface area contributed by atoms with Crippen LogP contribution in [0.2, 0.25) is 0 Å². The van der Waals surface area contributed by atoms with Gasteiger partial charge < -0.3 is 14.8 Å². The minimum atomic E-state index is -0.162. The van der Waals surface area contributed by atoms with Gasteiger partial charge >= 0.3 is 0 Å². The van der Waals surface area contributed by atoms with Crippen molar-refractivity contribution < 1.29 is 14.3 Å². The molecule has 0 saturated carbocycles. The van der Waals surface area contributed by atoms with Crippen LogP contribution in [0.15, 0.2) is 60.7 Å². The van der Waals surface area contributed by atoms with Gasteiger partial charge in [0.25, 0.3) is 5.91 Å². The summed E-state index contributed by atoms with van der Waals surface area (Å²) in [5, 5.41) is 2.93. The number of carbonyl (C=O) groups is 1. The molecule has 0 aromatic heterocycles. The highest BCUT2D eigenvalue weighted by molar-refractivity contribution is 6.04. The molecular formula is C25H27NO3. The van der Waals surface area contributed by atoms with Crippen molar-refractivity contribution in [3.63, 3.8) is 0 Å². The highest BCUT2D eigenvalue weighted by Gasteiger charge is 2.12. The summed E-state index contributed by atoms with van der Waals surface area (Å²) in [5.41, 5.74) is 5.61. The van der Waals surface area contributed by atoms with E-state index in [1.165, 1.54) is 0 Å². The molecule has 29 heavy (non-hydrogen) atoms. The first kappa shape index (κ1) is 20.5. The van der Waals surface area contributed by atoms with Crippen LogP contribution in [0, 0.1) is 20.8 Å². The van der Waals surface area contributed by atoms with Gasteiger partial charge in [-0.05, 0) is 81.3 Å². The van der Waals surface area contributed by atoms with Gasteiger partial charge in [0.1, 0.15) is 18.1 Å². The van der Waals surface area contributed by atoms with Gasteiger partial charge in [0.15, 0.2) is 0 Å². The maximum atomic E-state index is 12.7. The summed E-state index contributed by atoms with van der Waals surface area (Å²) in [4.78, 5) is 12.7. The Balaban J connectivity index is 1.79. The van der Waals surface area contributed by atoms with E-state index in [0.717, 1.165) is 39.4 Å². The van der Waals surface area contributed by atoms with E-state index in [0.29, 0.717) is 18.8 Å². The molecule has 0 radical (unpaired) electrons. The SMILES string of the molecule is CCOc1ccc(C(=O)Nc2ccc(C)cc2)cc1COc1cc(C)cc(C)c1. The normalized spacial score (nSPS) is 10.5. The third-order valence-corrected chi connectivity index (χ3v) is 4.52. The Morgan fingerprint density at radius 3 is 2.17 bits per heavy atom. The van der Waals surface area contributed by atoms with Gasteiger partial charge in [-0.25, -0.2) is 0 Å². The van der Waals surface area contributed by atoms with Crippen LogP contribution < -0.4 is 14.8 Å². The number of rotatable bonds is 7. The molecule has 4 nitrogen and oxygen atoms in total. The first-order chi connectivity index (χ1) is 13.9. The van der Waals surface area contributed by atoms with Crippen LogP contribution >= 0.6 is 0 Å². The summed E-state index contributed by atoms with van der Waals surface area (Å²) in [6, 6.07) is 19.3. The van der Waals surface area contributed by atoms with Crippen LogP contribution in [-0.2, 0) is 6.61 Å². The molecule has 0 spiro atoms. The highest BCUT2D eigenvalue weighted by Crippen LogP contribution is 2.24. The second-order valence-electron chi connectivity index (χ2n) is 7.19. The van der Waals surface area contributed by atoms with E-state index in [2.05, 4.69) is 11.4 Å². The molecule has 1 amide bonds. The minimum Gasteiger partial charge on any atom is -0.493 e. The maximum Gasteiger partial charge on any atom is 0.255 e. The molecule has 150 valence electrons. The second-order valence-corrected chi connectivity index (χ2v) is 7.19. The molecular weight excluding hydrogens is 362 g/mol. The van der Waals surface area contributed by atoms with E-state index >= 15 is 0 Å². The maximum absolute atomic E-state index is 12.7. The van der Waals surface area contributed by atoms with Crippen molar-refractivity contribution in [2.45, 2.75) is 34.3 Å². The van der Waals surface area contributed by atoms with E-state index in [-0.39, 0.29) is 5.91 Å². The molecule has 0 aliphatic carbocycles. The summed E-state index contributed by atoms with van der Waals surface area (Å²) < 4.78 is 11.7. The molecule has 1 N–H and O–H groups in total. The van der Waals surface area contributed by atoms with Gasteiger partial charge in [0.05, 0.1) is 6.61 Å². The third-order valence-electron chi connectivity index (χ3n) is 4.52. The topological polar surface area (TPSA) is 47.6 Å². The summed E-state index contributed by atoms with van der Waals surface area (Å²) in [6.07, 6.45) is 0.